The highest BCUT2D eigenvalue weighted by Gasteiger charge is 2.03. The van der Waals surface area contributed by atoms with E-state index in [1.165, 1.54) is 0 Å². The molecule has 0 bridgehead atoms. The fraction of sp³-hybridized carbons (Fsp3) is 0.143. The van der Waals surface area contributed by atoms with Crippen molar-refractivity contribution < 1.29 is 0 Å². The summed E-state index contributed by atoms with van der Waals surface area (Å²) >= 11 is 0. The summed E-state index contributed by atoms with van der Waals surface area (Å²) in [7, 11) is 3.98. The second-order valence-corrected chi connectivity index (χ2v) is 4.43. The average Bonchev–Trinajstić information content (AvgIpc) is 2.86. The van der Waals surface area contributed by atoms with Gasteiger partial charge in [0.05, 0.1) is 17.4 Å². The van der Waals surface area contributed by atoms with Gasteiger partial charge >= 0.3 is 0 Å². The van der Waals surface area contributed by atoms with Crippen molar-refractivity contribution in [1.82, 2.24) is 15.0 Å². The van der Waals surface area contributed by atoms with Crippen LogP contribution in [0.25, 0.3) is 22.2 Å². The maximum absolute atomic E-state index is 4.32. The minimum Gasteiger partial charge on any atom is -0.363 e. The number of fused-ring (bicyclic) bond motifs is 1. The van der Waals surface area contributed by atoms with Crippen molar-refractivity contribution in [3.05, 3.63) is 42.9 Å². The molecule has 2 aromatic heterocycles. The molecule has 3 rings (SSSR count). The van der Waals surface area contributed by atoms with E-state index in [1.807, 2.05) is 37.3 Å². The molecule has 0 saturated carbocycles. The third-order valence-electron chi connectivity index (χ3n) is 2.96. The number of pyridine rings is 1. The van der Waals surface area contributed by atoms with Gasteiger partial charge < -0.3 is 9.88 Å². The van der Waals surface area contributed by atoms with Gasteiger partial charge in [-0.3, -0.25) is 0 Å². The second kappa shape index (κ2) is 4.14. The standard InChI is InChI=1S/C14H14N4/c1-18(2)14-8-11(5-6-15-14)10-3-4-12-13(7-10)17-9-16-12/h3-9H,1-2H3,(H,16,17). The monoisotopic (exact) mass is 238 g/mol. The number of nitrogens with one attached hydrogen (secondary N) is 1. The van der Waals surface area contributed by atoms with Crippen molar-refractivity contribution >= 4 is 16.9 Å². The summed E-state index contributed by atoms with van der Waals surface area (Å²) in [5.41, 5.74) is 4.36. The lowest BCUT2D eigenvalue weighted by molar-refractivity contribution is 1.07. The number of H-pyrrole nitrogens is 1. The molecule has 4 heteroatoms. The number of rotatable bonds is 2. The van der Waals surface area contributed by atoms with E-state index in [0.717, 1.165) is 28.0 Å². The Kier molecular flexibility index (Phi) is 2.48. The molecule has 0 aliphatic rings. The number of hydrogen-bond acceptors (Lipinski definition) is 3. The van der Waals surface area contributed by atoms with Gasteiger partial charge in [-0.05, 0) is 35.4 Å². The zero-order valence-electron chi connectivity index (χ0n) is 10.4. The van der Waals surface area contributed by atoms with Crippen molar-refractivity contribution in [3.63, 3.8) is 0 Å². The number of aromatic amines is 1. The molecule has 0 saturated heterocycles. The topological polar surface area (TPSA) is 44.8 Å². The Hall–Kier alpha value is -2.36. The largest absolute Gasteiger partial charge is 0.363 e. The van der Waals surface area contributed by atoms with Crippen LogP contribution in [0.15, 0.2) is 42.9 Å². The van der Waals surface area contributed by atoms with Crippen LogP contribution in [0.1, 0.15) is 0 Å². The Morgan fingerprint density at radius 1 is 1.00 bits per heavy atom. The van der Waals surface area contributed by atoms with Gasteiger partial charge in [-0.25, -0.2) is 9.97 Å². The molecule has 3 aromatic rings. The lowest BCUT2D eigenvalue weighted by Gasteiger charge is -2.12. The van der Waals surface area contributed by atoms with Crippen LogP contribution in [-0.2, 0) is 0 Å². The second-order valence-electron chi connectivity index (χ2n) is 4.43. The summed E-state index contributed by atoms with van der Waals surface area (Å²) in [4.78, 5) is 13.7. The number of aromatic nitrogens is 3. The molecule has 0 aliphatic carbocycles. The quantitative estimate of drug-likeness (QED) is 0.746. The molecule has 0 amide bonds. The van der Waals surface area contributed by atoms with E-state index in [0.29, 0.717) is 0 Å². The van der Waals surface area contributed by atoms with E-state index >= 15 is 0 Å². The van der Waals surface area contributed by atoms with E-state index in [4.69, 9.17) is 0 Å². The summed E-state index contributed by atoms with van der Waals surface area (Å²) in [6.45, 7) is 0. The third kappa shape index (κ3) is 1.82. The first kappa shape index (κ1) is 10.8. The molecule has 4 nitrogen and oxygen atoms in total. The molecule has 0 radical (unpaired) electrons. The van der Waals surface area contributed by atoms with Crippen LogP contribution in [-0.4, -0.2) is 29.0 Å². The highest BCUT2D eigenvalue weighted by Crippen LogP contribution is 2.24. The predicted octanol–water partition coefficient (Wildman–Crippen LogP) is 2.69. The first-order chi connectivity index (χ1) is 8.74. The molecule has 1 aromatic carbocycles. The summed E-state index contributed by atoms with van der Waals surface area (Å²) in [5.74, 6) is 0.956. The summed E-state index contributed by atoms with van der Waals surface area (Å²) in [5, 5.41) is 0. The lowest BCUT2D eigenvalue weighted by atomic mass is 10.1. The van der Waals surface area contributed by atoms with Gasteiger partial charge in [-0.2, -0.15) is 0 Å². The zero-order chi connectivity index (χ0) is 12.5. The Morgan fingerprint density at radius 3 is 2.67 bits per heavy atom. The van der Waals surface area contributed by atoms with Crippen molar-refractivity contribution in [1.29, 1.82) is 0 Å². The SMILES string of the molecule is CN(C)c1cc(-c2ccc3nc[nH]c3c2)ccn1. The number of hydrogen-bond donors (Lipinski definition) is 1. The van der Waals surface area contributed by atoms with Gasteiger partial charge in [0.1, 0.15) is 5.82 Å². The highest BCUT2D eigenvalue weighted by molar-refractivity contribution is 5.81. The molecule has 1 N–H and O–H groups in total. The molecule has 90 valence electrons. The molecule has 0 unspecified atom stereocenters. The normalized spacial score (nSPS) is 10.8. The Morgan fingerprint density at radius 2 is 1.83 bits per heavy atom. The number of benzene rings is 1. The minimum atomic E-state index is 0.956. The fourth-order valence-corrected chi connectivity index (χ4v) is 1.96. The maximum atomic E-state index is 4.32. The van der Waals surface area contributed by atoms with Crippen molar-refractivity contribution in [2.45, 2.75) is 0 Å². The van der Waals surface area contributed by atoms with Crippen LogP contribution in [0.4, 0.5) is 5.82 Å². The first-order valence-corrected chi connectivity index (χ1v) is 5.81. The molecule has 0 spiro atoms. The maximum Gasteiger partial charge on any atom is 0.128 e. The van der Waals surface area contributed by atoms with Gasteiger partial charge in [0, 0.05) is 20.3 Å². The van der Waals surface area contributed by atoms with E-state index in [1.54, 1.807) is 6.33 Å². The third-order valence-corrected chi connectivity index (χ3v) is 2.96. The Balaban J connectivity index is 2.10. The summed E-state index contributed by atoms with van der Waals surface area (Å²) in [6.07, 6.45) is 3.55. The molecule has 2 heterocycles. The fourth-order valence-electron chi connectivity index (χ4n) is 1.96. The summed E-state index contributed by atoms with van der Waals surface area (Å²) < 4.78 is 0. The van der Waals surface area contributed by atoms with E-state index in [-0.39, 0.29) is 0 Å². The van der Waals surface area contributed by atoms with Crippen LogP contribution >= 0.6 is 0 Å². The van der Waals surface area contributed by atoms with Crippen LogP contribution in [0, 0.1) is 0 Å². The average molecular weight is 238 g/mol. The van der Waals surface area contributed by atoms with Gasteiger partial charge in [-0.1, -0.05) is 6.07 Å². The number of anilines is 1. The number of imidazole rings is 1. The molecule has 18 heavy (non-hydrogen) atoms. The van der Waals surface area contributed by atoms with E-state index < -0.39 is 0 Å². The molecule has 0 atom stereocenters. The van der Waals surface area contributed by atoms with Crippen molar-refractivity contribution in [3.8, 4) is 11.1 Å². The highest BCUT2D eigenvalue weighted by atomic mass is 15.1. The van der Waals surface area contributed by atoms with Crippen LogP contribution < -0.4 is 4.90 Å². The predicted molar refractivity (Wildman–Crippen MR) is 73.7 cm³/mol. The zero-order valence-corrected chi connectivity index (χ0v) is 10.4. The van der Waals surface area contributed by atoms with Crippen LogP contribution in [0.5, 0.6) is 0 Å². The summed E-state index contributed by atoms with van der Waals surface area (Å²) in [6, 6.07) is 10.3. The van der Waals surface area contributed by atoms with Gasteiger partial charge in [-0.15, -0.1) is 0 Å². The molecular weight excluding hydrogens is 224 g/mol. The molecular formula is C14H14N4. The van der Waals surface area contributed by atoms with E-state index in [2.05, 4.69) is 33.2 Å². The first-order valence-electron chi connectivity index (χ1n) is 5.81. The van der Waals surface area contributed by atoms with Crippen LogP contribution in [0.3, 0.4) is 0 Å². The Bertz CT molecular complexity index is 685. The lowest BCUT2D eigenvalue weighted by Crippen LogP contribution is -2.10. The Labute approximate surface area is 105 Å². The van der Waals surface area contributed by atoms with Crippen molar-refractivity contribution in [2.24, 2.45) is 0 Å². The smallest absolute Gasteiger partial charge is 0.128 e. The molecule has 0 fully saturated rings. The minimum absolute atomic E-state index is 0.956. The van der Waals surface area contributed by atoms with Crippen LogP contribution in [0.2, 0.25) is 0 Å². The number of nitrogens with zero attached hydrogens (tertiary/aromatic N) is 3. The van der Waals surface area contributed by atoms with Gasteiger partial charge in [0.15, 0.2) is 0 Å². The van der Waals surface area contributed by atoms with Gasteiger partial charge in [0.25, 0.3) is 0 Å². The van der Waals surface area contributed by atoms with E-state index in [9.17, 15) is 0 Å². The van der Waals surface area contributed by atoms with Gasteiger partial charge in [0.2, 0.25) is 0 Å². The molecule has 0 aliphatic heterocycles. The van der Waals surface area contributed by atoms with Crippen molar-refractivity contribution in [2.75, 3.05) is 19.0 Å².